The summed E-state index contributed by atoms with van der Waals surface area (Å²) >= 11 is 6.22. The molecule has 29 heavy (non-hydrogen) atoms. The molecule has 0 saturated carbocycles. The minimum atomic E-state index is -0.651. The van der Waals surface area contributed by atoms with Gasteiger partial charge in [-0.15, -0.1) is 0 Å². The Morgan fingerprint density at radius 1 is 1.24 bits per heavy atom. The van der Waals surface area contributed by atoms with Crippen molar-refractivity contribution >= 4 is 28.5 Å². The van der Waals surface area contributed by atoms with E-state index >= 15 is 0 Å². The van der Waals surface area contributed by atoms with Gasteiger partial charge in [0.15, 0.2) is 5.43 Å². The number of aryl methyl sites for hydroxylation is 1. The Balaban J connectivity index is 1.95. The Kier molecular flexibility index (Phi) is 5.06. The van der Waals surface area contributed by atoms with Gasteiger partial charge in [-0.05, 0) is 48.7 Å². The van der Waals surface area contributed by atoms with Crippen LogP contribution < -0.4 is 5.43 Å². The molecule has 1 atom stereocenters. The van der Waals surface area contributed by atoms with Crippen LogP contribution in [0.3, 0.4) is 0 Å². The zero-order valence-corrected chi connectivity index (χ0v) is 16.8. The quantitative estimate of drug-likeness (QED) is 0.638. The Bertz CT molecular complexity index is 1170. The summed E-state index contributed by atoms with van der Waals surface area (Å²) in [7, 11) is 1.59. The fraction of sp³-hybridized carbons (Fsp3) is 0.273. The highest BCUT2D eigenvalue weighted by Gasteiger charge is 2.42. The Morgan fingerprint density at radius 2 is 2.03 bits per heavy atom. The van der Waals surface area contributed by atoms with Crippen LogP contribution in [0.2, 0.25) is 5.02 Å². The number of halogens is 1. The van der Waals surface area contributed by atoms with Crippen LogP contribution in [0.1, 0.15) is 39.7 Å². The molecule has 1 aliphatic heterocycles. The maximum atomic E-state index is 13.4. The van der Waals surface area contributed by atoms with Gasteiger partial charge in [-0.2, -0.15) is 0 Å². The SMILES string of the molecule is COCCCN1C(=O)c2oc3cc(C)c(Cl)cc3c(=O)c2[C@H]1c1cccc(O)c1. The molecule has 0 fully saturated rings. The molecule has 1 aliphatic rings. The molecule has 0 unspecified atom stereocenters. The topological polar surface area (TPSA) is 80.0 Å². The fourth-order valence-electron chi connectivity index (χ4n) is 3.79. The zero-order valence-electron chi connectivity index (χ0n) is 16.1. The minimum Gasteiger partial charge on any atom is -0.508 e. The zero-order chi connectivity index (χ0) is 20.7. The van der Waals surface area contributed by atoms with E-state index in [1.165, 1.54) is 0 Å². The number of hydrogen-bond acceptors (Lipinski definition) is 5. The number of carbonyl (C=O) groups excluding carboxylic acids is 1. The highest BCUT2D eigenvalue weighted by atomic mass is 35.5. The number of carbonyl (C=O) groups is 1. The maximum Gasteiger partial charge on any atom is 0.290 e. The lowest BCUT2D eigenvalue weighted by molar-refractivity contribution is 0.0707. The molecule has 0 radical (unpaired) electrons. The summed E-state index contributed by atoms with van der Waals surface area (Å²) in [6, 6.07) is 9.16. The predicted octanol–water partition coefficient (Wildman–Crippen LogP) is 4.04. The number of ether oxygens (including phenoxy) is 1. The van der Waals surface area contributed by atoms with Crippen LogP contribution in [-0.4, -0.2) is 36.2 Å². The molecular formula is C22H20ClNO5. The molecular weight excluding hydrogens is 394 g/mol. The van der Waals surface area contributed by atoms with Gasteiger partial charge in [-0.1, -0.05) is 23.7 Å². The molecule has 3 aromatic rings. The summed E-state index contributed by atoms with van der Waals surface area (Å²) < 4.78 is 11.0. The molecule has 0 spiro atoms. The molecule has 7 heteroatoms. The summed E-state index contributed by atoms with van der Waals surface area (Å²) in [4.78, 5) is 28.2. The molecule has 4 rings (SSSR count). The molecule has 6 nitrogen and oxygen atoms in total. The monoisotopic (exact) mass is 413 g/mol. The standard InChI is InChI=1S/C22H20ClNO5/c1-12-9-17-15(11-16(12)23)20(26)18-19(13-5-3-6-14(25)10-13)24(7-4-8-28-2)22(27)21(18)29-17/h3,5-6,9-11,19,25H,4,7-8H2,1-2H3/t19-/m1/s1. The summed E-state index contributed by atoms with van der Waals surface area (Å²) in [5.41, 5.74) is 1.70. The minimum absolute atomic E-state index is 0.0370. The molecule has 1 amide bonds. The van der Waals surface area contributed by atoms with E-state index in [1.54, 1.807) is 48.4 Å². The largest absolute Gasteiger partial charge is 0.508 e. The first kappa shape index (κ1) is 19.5. The third kappa shape index (κ3) is 3.28. The highest BCUT2D eigenvalue weighted by Crippen LogP contribution is 2.39. The summed E-state index contributed by atoms with van der Waals surface area (Å²) in [5.74, 6) is -0.255. The van der Waals surface area contributed by atoms with Gasteiger partial charge in [0.05, 0.1) is 17.0 Å². The van der Waals surface area contributed by atoms with Crippen molar-refractivity contribution in [3.8, 4) is 5.75 Å². The van der Waals surface area contributed by atoms with Crippen molar-refractivity contribution in [3.63, 3.8) is 0 Å². The lowest BCUT2D eigenvalue weighted by Gasteiger charge is -2.25. The third-order valence-electron chi connectivity index (χ3n) is 5.18. The Labute approximate surface area is 172 Å². The number of rotatable bonds is 5. The number of nitrogens with zero attached hydrogens (tertiary/aromatic N) is 1. The second kappa shape index (κ2) is 7.54. The fourth-order valence-corrected chi connectivity index (χ4v) is 3.96. The van der Waals surface area contributed by atoms with E-state index in [0.717, 1.165) is 5.56 Å². The summed E-state index contributed by atoms with van der Waals surface area (Å²) in [5, 5.41) is 10.7. The second-order valence-corrected chi connectivity index (χ2v) is 7.52. The summed E-state index contributed by atoms with van der Waals surface area (Å²) in [6.07, 6.45) is 0.601. The highest BCUT2D eigenvalue weighted by molar-refractivity contribution is 6.32. The number of phenols is 1. The summed E-state index contributed by atoms with van der Waals surface area (Å²) in [6.45, 7) is 2.67. The molecule has 150 valence electrons. The molecule has 2 aromatic carbocycles. The maximum absolute atomic E-state index is 13.4. The van der Waals surface area contributed by atoms with Gasteiger partial charge in [0.25, 0.3) is 5.91 Å². The average molecular weight is 414 g/mol. The van der Waals surface area contributed by atoms with Gasteiger partial charge in [0.1, 0.15) is 11.3 Å². The number of benzene rings is 2. The van der Waals surface area contributed by atoms with Crippen molar-refractivity contribution < 1.29 is 19.1 Å². The first-order valence-corrected chi connectivity index (χ1v) is 9.66. The van der Waals surface area contributed by atoms with Crippen LogP contribution in [0.4, 0.5) is 0 Å². The second-order valence-electron chi connectivity index (χ2n) is 7.11. The van der Waals surface area contributed by atoms with Crippen molar-refractivity contribution in [2.75, 3.05) is 20.3 Å². The van der Waals surface area contributed by atoms with Crippen LogP contribution in [0.5, 0.6) is 5.75 Å². The van der Waals surface area contributed by atoms with Gasteiger partial charge in [-0.3, -0.25) is 9.59 Å². The van der Waals surface area contributed by atoms with E-state index in [9.17, 15) is 14.7 Å². The van der Waals surface area contributed by atoms with Crippen LogP contribution in [-0.2, 0) is 4.74 Å². The smallest absolute Gasteiger partial charge is 0.290 e. The number of hydrogen-bond donors (Lipinski definition) is 1. The van der Waals surface area contributed by atoms with Crippen LogP contribution in [0.15, 0.2) is 45.6 Å². The molecule has 2 heterocycles. The van der Waals surface area contributed by atoms with Gasteiger partial charge in [-0.25, -0.2) is 0 Å². The van der Waals surface area contributed by atoms with E-state index in [-0.39, 0.29) is 28.4 Å². The van der Waals surface area contributed by atoms with Gasteiger partial charge in [0, 0.05) is 25.3 Å². The average Bonchev–Trinajstić information content (AvgIpc) is 2.96. The van der Waals surface area contributed by atoms with Gasteiger partial charge >= 0.3 is 0 Å². The van der Waals surface area contributed by atoms with E-state index in [4.69, 9.17) is 20.8 Å². The molecule has 0 bridgehead atoms. The Morgan fingerprint density at radius 3 is 2.76 bits per heavy atom. The van der Waals surface area contributed by atoms with E-state index in [2.05, 4.69) is 0 Å². The normalized spacial score (nSPS) is 15.9. The third-order valence-corrected chi connectivity index (χ3v) is 5.59. The van der Waals surface area contributed by atoms with Crippen LogP contribution in [0, 0.1) is 6.92 Å². The van der Waals surface area contributed by atoms with Crippen LogP contribution >= 0.6 is 11.6 Å². The van der Waals surface area contributed by atoms with Crippen molar-refractivity contribution in [2.24, 2.45) is 0 Å². The van der Waals surface area contributed by atoms with Crippen molar-refractivity contribution in [1.29, 1.82) is 0 Å². The lowest BCUT2D eigenvalue weighted by atomic mass is 9.98. The number of amides is 1. The van der Waals surface area contributed by atoms with Gasteiger partial charge < -0.3 is 19.2 Å². The number of fused-ring (bicyclic) bond motifs is 2. The molecule has 0 saturated heterocycles. The first-order chi connectivity index (χ1) is 13.9. The molecule has 0 aliphatic carbocycles. The van der Waals surface area contributed by atoms with Gasteiger partial charge in [0.2, 0.25) is 5.76 Å². The number of aromatic hydroxyl groups is 1. The molecule has 1 N–H and O–H groups in total. The van der Waals surface area contributed by atoms with E-state index in [1.807, 2.05) is 6.92 Å². The van der Waals surface area contributed by atoms with E-state index < -0.39 is 6.04 Å². The number of phenolic OH excluding ortho intramolecular Hbond substituents is 1. The van der Waals surface area contributed by atoms with Crippen molar-refractivity contribution in [3.05, 3.63) is 74.1 Å². The lowest BCUT2D eigenvalue weighted by Crippen LogP contribution is -2.31. The van der Waals surface area contributed by atoms with Crippen LogP contribution in [0.25, 0.3) is 11.0 Å². The van der Waals surface area contributed by atoms with Crippen molar-refractivity contribution in [1.82, 2.24) is 4.90 Å². The predicted molar refractivity (Wildman–Crippen MR) is 110 cm³/mol. The first-order valence-electron chi connectivity index (χ1n) is 9.28. The van der Waals surface area contributed by atoms with Crippen molar-refractivity contribution in [2.45, 2.75) is 19.4 Å². The Hall–Kier alpha value is -2.83. The number of methoxy groups -OCH3 is 1. The molecule has 1 aromatic heterocycles. The van der Waals surface area contributed by atoms with E-state index in [0.29, 0.717) is 41.1 Å².